The summed E-state index contributed by atoms with van der Waals surface area (Å²) in [7, 11) is 0. The fourth-order valence-corrected chi connectivity index (χ4v) is 3.94. The molecule has 1 atom stereocenters. The first-order chi connectivity index (χ1) is 15.1. The maximum atomic E-state index is 13.7. The van der Waals surface area contributed by atoms with Crippen molar-refractivity contribution in [3.05, 3.63) is 83.2 Å². The number of aromatic nitrogens is 1. The fourth-order valence-electron chi connectivity index (χ4n) is 3.94. The Morgan fingerprint density at radius 3 is 2.65 bits per heavy atom. The number of aryl methyl sites for hydroxylation is 1. The van der Waals surface area contributed by atoms with Crippen molar-refractivity contribution in [2.75, 3.05) is 6.54 Å². The number of benzene rings is 2. The summed E-state index contributed by atoms with van der Waals surface area (Å²) in [6.45, 7) is 0.451. The van der Waals surface area contributed by atoms with E-state index in [0.29, 0.717) is 6.54 Å². The Labute approximate surface area is 179 Å². The van der Waals surface area contributed by atoms with Gasteiger partial charge in [0, 0.05) is 18.7 Å². The second-order valence-electron chi connectivity index (χ2n) is 7.69. The molecule has 0 bridgehead atoms. The average Bonchev–Trinajstić information content (AvgIpc) is 3.27. The van der Waals surface area contributed by atoms with Crippen molar-refractivity contribution in [2.45, 2.75) is 44.8 Å². The molecule has 1 fully saturated rings. The van der Waals surface area contributed by atoms with Gasteiger partial charge in [0.2, 0.25) is 0 Å². The van der Waals surface area contributed by atoms with Crippen molar-refractivity contribution in [3.63, 3.8) is 0 Å². The van der Waals surface area contributed by atoms with Gasteiger partial charge in [-0.05, 0) is 49.8 Å². The van der Waals surface area contributed by atoms with E-state index in [-0.39, 0.29) is 30.0 Å². The number of piperidine rings is 1. The second-order valence-corrected chi connectivity index (χ2v) is 7.69. The molecule has 0 saturated carbocycles. The zero-order valence-corrected chi connectivity index (χ0v) is 17.1. The van der Waals surface area contributed by atoms with Crippen LogP contribution in [0.5, 0.6) is 5.75 Å². The van der Waals surface area contributed by atoms with Crippen LogP contribution >= 0.6 is 0 Å². The first-order valence-corrected chi connectivity index (χ1v) is 10.5. The lowest BCUT2D eigenvalue weighted by Crippen LogP contribution is -2.44. The first-order valence-electron chi connectivity index (χ1n) is 10.5. The van der Waals surface area contributed by atoms with Gasteiger partial charge in [-0.15, -0.1) is 0 Å². The molecule has 0 radical (unpaired) electrons. The molecule has 2 heterocycles. The standard InChI is InChI=1S/C24H24F2N2O3/c25-20-10-6-11-21(26)23(20)30-16-19-15-22(27-31-19)24(29)28-14-5-4-9-18(28)13-12-17-7-2-1-3-8-17/h1-3,6-8,10-11,15,18H,4-5,9,12-14,16H2. The third-order valence-electron chi connectivity index (χ3n) is 5.55. The molecular weight excluding hydrogens is 402 g/mol. The first kappa shape index (κ1) is 21.0. The van der Waals surface area contributed by atoms with Gasteiger partial charge in [-0.3, -0.25) is 4.79 Å². The molecule has 162 valence electrons. The maximum absolute atomic E-state index is 13.7. The Hall–Kier alpha value is -3.22. The summed E-state index contributed by atoms with van der Waals surface area (Å²) in [4.78, 5) is 14.9. The molecule has 7 heteroatoms. The summed E-state index contributed by atoms with van der Waals surface area (Å²) in [5.41, 5.74) is 1.43. The Kier molecular flexibility index (Phi) is 6.60. The predicted molar refractivity (Wildman–Crippen MR) is 111 cm³/mol. The van der Waals surface area contributed by atoms with Crippen LogP contribution in [0.3, 0.4) is 0 Å². The number of ether oxygens (including phenoxy) is 1. The van der Waals surface area contributed by atoms with Crippen molar-refractivity contribution in [3.8, 4) is 5.75 Å². The summed E-state index contributed by atoms with van der Waals surface area (Å²) in [5.74, 6) is -2.05. The van der Waals surface area contributed by atoms with Gasteiger partial charge in [-0.2, -0.15) is 0 Å². The zero-order chi connectivity index (χ0) is 21.6. The largest absolute Gasteiger partial charge is 0.479 e. The van der Waals surface area contributed by atoms with Crippen LogP contribution in [0.1, 0.15) is 47.5 Å². The molecular formula is C24H24F2N2O3. The topological polar surface area (TPSA) is 55.6 Å². The van der Waals surface area contributed by atoms with Crippen LogP contribution in [0.15, 0.2) is 59.1 Å². The molecule has 2 aromatic carbocycles. The van der Waals surface area contributed by atoms with Crippen molar-refractivity contribution in [2.24, 2.45) is 0 Å². The molecule has 1 aliphatic heterocycles. The van der Waals surface area contributed by atoms with E-state index >= 15 is 0 Å². The van der Waals surface area contributed by atoms with Gasteiger partial charge >= 0.3 is 0 Å². The fraction of sp³-hybridized carbons (Fsp3) is 0.333. The van der Waals surface area contributed by atoms with Gasteiger partial charge in [0.25, 0.3) is 5.91 Å². The van der Waals surface area contributed by atoms with Crippen LogP contribution in [0.2, 0.25) is 0 Å². The lowest BCUT2D eigenvalue weighted by molar-refractivity contribution is 0.0591. The monoisotopic (exact) mass is 426 g/mol. The number of carbonyl (C=O) groups is 1. The number of amides is 1. The van der Waals surface area contributed by atoms with Crippen LogP contribution in [0.25, 0.3) is 0 Å². The number of para-hydroxylation sites is 1. The summed E-state index contributed by atoms with van der Waals surface area (Å²) in [6.07, 6.45) is 4.79. The van der Waals surface area contributed by atoms with E-state index in [1.54, 1.807) is 0 Å². The average molecular weight is 426 g/mol. The van der Waals surface area contributed by atoms with Gasteiger partial charge in [0.15, 0.2) is 28.8 Å². The van der Waals surface area contributed by atoms with E-state index in [1.807, 2.05) is 23.1 Å². The van der Waals surface area contributed by atoms with E-state index < -0.39 is 17.4 Å². The molecule has 1 aromatic heterocycles. The third kappa shape index (κ3) is 5.10. The molecule has 4 rings (SSSR count). The molecule has 5 nitrogen and oxygen atoms in total. The smallest absolute Gasteiger partial charge is 0.276 e. The molecule has 0 N–H and O–H groups in total. The van der Waals surface area contributed by atoms with E-state index in [9.17, 15) is 13.6 Å². The van der Waals surface area contributed by atoms with Gasteiger partial charge < -0.3 is 14.2 Å². The molecule has 3 aromatic rings. The summed E-state index contributed by atoms with van der Waals surface area (Å²) in [5, 5.41) is 3.87. The van der Waals surface area contributed by atoms with Gasteiger partial charge in [0.05, 0.1) is 0 Å². The highest BCUT2D eigenvalue weighted by Crippen LogP contribution is 2.25. The number of hydrogen-bond acceptors (Lipinski definition) is 4. The minimum Gasteiger partial charge on any atom is -0.479 e. The second kappa shape index (κ2) is 9.73. The number of halogens is 2. The highest BCUT2D eigenvalue weighted by atomic mass is 19.1. The van der Waals surface area contributed by atoms with Gasteiger partial charge in [-0.25, -0.2) is 8.78 Å². The van der Waals surface area contributed by atoms with Crippen molar-refractivity contribution < 1.29 is 22.8 Å². The van der Waals surface area contributed by atoms with Gasteiger partial charge in [-0.1, -0.05) is 41.6 Å². The van der Waals surface area contributed by atoms with E-state index in [1.165, 1.54) is 17.7 Å². The minimum absolute atomic E-state index is 0.144. The Morgan fingerprint density at radius 2 is 1.87 bits per heavy atom. The zero-order valence-electron chi connectivity index (χ0n) is 17.1. The van der Waals surface area contributed by atoms with Crippen LogP contribution in [-0.4, -0.2) is 28.6 Å². The van der Waals surface area contributed by atoms with E-state index in [2.05, 4.69) is 17.3 Å². The normalized spacial score (nSPS) is 16.3. The number of rotatable bonds is 7. The Morgan fingerprint density at radius 1 is 1.10 bits per heavy atom. The predicted octanol–water partition coefficient (Wildman–Crippen LogP) is 5.16. The maximum Gasteiger partial charge on any atom is 0.276 e. The van der Waals surface area contributed by atoms with Crippen molar-refractivity contribution in [1.29, 1.82) is 0 Å². The highest BCUT2D eigenvalue weighted by Gasteiger charge is 2.29. The minimum atomic E-state index is -0.801. The van der Waals surface area contributed by atoms with Crippen LogP contribution < -0.4 is 4.74 Å². The molecule has 0 spiro atoms. The molecule has 0 aliphatic carbocycles. The molecule has 1 saturated heterocycles. The van der Waals surface area contributed by atoms with E-state index in [0.717, 1.165) is 44.2 Å². The number of hydrogen-bond donors (Lipinski definition) is 0. The summed E-state index contributed by atoms with van der Waals surface area (Å²) < 4.78 is 37.8. The molecule has 31 heavy (non-hydrogen) atoms. The lowest BCUT2D eigenvalue weighted by Gasteiger charge is -2.35. The highest BCUT2D eigenvalue weighted by molar-refractivity contribution is 5.92. The van der Waals surface area contributed by atoms with Crippen LogP contribution in [-0.2, 0) is 13.0 Å². The number of likely N-dealkylation sites (tertiary alicyclic amines) is 1. The van der Waals surface area contributed by atoms with Crippen molar-refractivity contribution >= 4 is 5.91 Å². The number of carbonyl (C=O) groups excluding carboxylic acids is 1. The molecule has 1 aliphatic rings. The van der Waals surface area contributed by atoms with Gasteiger partial charge in [0.1, 0.15) is 6.61 Å². The summed E-state index contributed by atoms with van der Waals surface area (Å²) in [6, 6.07) is 15.3. The Balaban J connectivity index is 1.39. The quantitative estimate of drug-likeness (QED) is 0.524. The van der Waals surface area contributed by atoms with E-state index in [4.69, 9.17) is 9.26 Å². The lowest BCUT2D eigenvalue weighted by atomic mass is 9.95. The Bertz CT molecular complexity index is 1000. The third-order valence-corrected chi connectivity index (χ3v) is 5.55. The van der Waals surface area contributed by atoms with Crippen LogP contribution in [0.4, 0.5) is 8.78 Å². The molecule has 1 unspecified atom stereocenters. The number of nitrogens with zero attached hydrogens (tertiary/aromatic N) is 2. The van der Waals surface area contributed by atoms with Crippen molar-refractivity contribution in [1.82, 2.24) is 10.1 Å². The summed E-state index contributed by atoms with van der Waals surface area (Å²) >= 11 is 0. The molecule has 1 amide bonds. The SMILES string of the molecule is O=C(c1cc(COc2c(F)cccc2F)on1)N1CCCCC1CCc1ccccc1. The van der Waals surface area contributed by atoms with Crippen LogP contribution in [0, 0.1) is 11.6 Å².